The highest BCUT2D eigenvalue weighted by molar-refractivity contribution is 6.31. The van der Waals surface area contributed by atoms with Gasteiger partial charge >= 0.3 is 0 Å². The van der Waals surface area contributed by atoms with Crippen molar-refractivity contribution < 1.29 is 9.59 Å². The van der Waals surface area contributed by atoms with Gasteiger partial charge in [0.25, 0.3) is 0 Å². The topological polar surface area (TPSA) is 46.5 Å². The number of benzene rings is 2. The first-order valence-corrected chi connectivity index (χ1v) is 9.97. The summed E-state index contributed by atoms with van der Waals surface area (Å²) in [6.07, 6.45) is 1.22. The first-order valence-electron chi connectivity index (χ1n) is 9.60. The largest absolute Gasteiger partial charge is 0.294 e. The van der Waals surface area contributed by atoms with Gasteiger partial charge in [0.2, 0.25) is 0 Å². The maximum absolute atomic E-state index is 13.3. The zero-order valence-corrected chi connectivity index (χ0v) is 16.6. The summed E-state index contributed by atoms with van der Waals surface area (Å²) in [6.45, 7) is 4.21. The Morgan fingerprint density at radius 3 is 2.32 bits per heavy atom. The molecule has 28 heavy (non-hydrogen) atoms. The van der Waals surface area contributed by atoms with E-state index >= 15 is 0 Å². The number of Topliss-reactive ketones (excluding diaryl/α,β-unsaturated/α-hetero) is 2. The summed E-state index contributed by atoms with van der Waals surface area (Å²) in [5, 5.41) is 0.639. The lowest BCUT2D eigenvalue weighted by Gasteiger charge is -2.38. The van der Waals surface area contributed by atoms with Crippen LogP contribution in [0.2, 0.25) is 5.02 Å². The number of carbonyl (C=O) groups is 2. The lowest BCUT2D eigenvalue weighted by Crippen LogP contribution is -2.37. The SMILES string of the molecule is CC1(C)CC(=O)C2=C(C1)N=C1c3ccccc3C(=O)[C@H]1[C@H]2c1ccc(Cl)cc1. The smallest absolute Gasteiger partial charge is 0.173 e. The van der Waals surface area contributed by atoms with Crippen molar-refractivity contribution in [3.63, 3.8) is 0 Å². The van der Waals surface area contributed by atoms with Gasteiger partial charge in [-0.2, -0.15) is 0 Å². The highest BCUT2D eigenvalue weighted by Gasteiger charge is 2.50. The molecule has 3 nitrogen and oxygen atoms in total. The third-order valence-electron chi connectivity index (χ3n) is 6.07. The second-order valence-corrected chi connectivity index (χ2v) is 9.15. The molecule has 1 aliphatic heterocycles. The summed E-state index contributed by atoms with van der Waals surface area (Å²) in [6, 6.07) is 15.2. The summed E-state index contributed by atoms with van der Waals surface area (Å²) >= 11 is 6.10. The molecular weight excluding hydrogens is 370 g/mol. The molecule has 5 rings (SSSR count). The zero-order valence-electron chi connectivity index (χ0n) is 15.8. The van der Waals surface area contributed by atoms with Crippen molar-refractivity contribution in [1.29, 1.82) is 0 Å². The van der Waals surface area contributed by atoms with Gasteiger partial charge in [-0.15, -0.1) is 0 Å². The van der Waals surface area contributed by atoms with Crippen LogP contribution in [0, 0.1) is 11.3 Å². The van der Waals surface area contributed by atoms with Crippen LogP contribution >= 0.6 is 11.6 Å². The Bertz CT molecular complexity index is 1090. The number of halogens is 1. The molecule has 2 aromatic rings. The molecule has 0 bridgehead atoms. The molecule has 4 heteroatoms. The quantitative estimate of drug-likeness (QED) is 0.657. The summed E-state index contributed by atoms with van der Waals surface area (Å²) < 4.78 is 0. The molecule has 2 atom stereocenters. The van der Waals surface area contributed by atoms with Gasteiger partial charge in [0.05, 0.1) is 11.6 Å². The highest BCUT2D eigenvalue weighted by atomic mass is 35.5. The number of nitrogens with zero attached hydrogens (tertiary/aromatic N) is 1. The van der Waals surface area contributed by atoms with Gasteiger partial charge in [0, 0.05) is 39.8 Å². The molecule has 0 N–H and O–H groups in total. The van der Waals surface area contributed by atoms with Crippen LogP contribution in [0.3, 0.4) is 0 Å². The average Bonchev–Trinajstić information content (AvgIpc) is 2.93. The average molecular weight is 390 g/mol. The van der Waals surface area contributed by atoms with Crippen LogP contribution in [0.25, 0.3) is 0 Å². The Morgan fingerprint density at radius 1 is 0.929 bits per heavy atom. The summed E-state index contributed by atoms with van der Waals surface area (Å²) in [4.78, 5) is 31.5. The lowest BCUT2D eigenvalue weighted by atomic mass is 9.66. The Labute approximate surface area is 169 Å². The van der Waals surface area contributed by atoms with Crippen LogP contribution in [0.1, 0.15) is 54.1 Å². The van der Waals surface area contributed by atoms with Gasteiger partial charge in [0.1, 0.15) is 0 Å². The number of rotatable bonds is 1. The van der Waals surface area contributed by atoms with Crippen molar-refractivity contribution in [1.82, 2.24) is 0 Å². The number of carbonyl (C=O) groups excluding carboxylic acids is 2. The van der Waals surface area contributed by atoms with Crippen molar-refractivity contribution >= 4 is 28.9 Å². The molecular formula is C24H20ClNO2. The third kappa shape index (κ3) is 2.53. The Hall–Kier alpha value is -2.52. The molecule has 0 aromatic heterocycles. The second-order valence-electron chi connectivity index (χ2n) is 8.72. The molecule has 0 saturated heterocycles. The van der Waals surface area contributed by atoms with E-state index in [1.165, 1.54) is 0 Å². The molecule has 2 aromatic carbocycles. The molecule has 3 aliphatic rings. The predicted octanol–water partition coefficient (Wildman–Crippen LogP) is 5.38. The molecule has 0 spiro atoms. The third-order valence-corrected chi connectivity index (χ3v) is 6.32. The van der Waals surface area contributed by atoms with Crippen LogP contribution in [0.15, 0.2) is 64.8 Å². The van der Waals surface area contributed by atoms with Gasteiger partial charge in [-0.1, -0.05) is 61.8 Å². The summed E-state index contributed by atoms with van der Waals surface area (Å²) in [5.41, 5.74) is 4.80. The molecule has 140 valence electrons. The van der Waals surface area contributed by atoms with Crippen LogP contribution < -0.4 is 0 Å². The van der Waals surface area contributed by atoms with Crippen LogP contribution in [-0.4, -0.2) is 17.3 Å². The van der Waals surface area contributed by atoms with Gasteiger partial charge in [-0.3, -0.25) is 14.6 Å². The van der Waals surface area contributed by atoms with E-state index in [9.17, 15) is 9.59 Å². The Kier molecular flexibility index (Phi) is 3.76. The van der Waals surface area contributed by atoms with E-state index in [1.807, 2.05) is 48.5 Å². The minimum atomic E-state index is -0.442. The lowest BCUT2D eigenvalue weighted by molar-refractivity contribution is -0.118. The molecule has 0 amide bonds. The highest BCUT2D eigenvalue weighted by Crippen LogP contribution is 2.51. The first-order chi connectivity index (χ1) is 13.4. The molecule has 0 radical (unpaired) electrons. The van der Waals surface area contributed by atoms with E-state index in [-0.39, 0.29) is 22.9 Å². The molecule has 0 unspecified atom stereocenters. The second kappa shape index (κ2) is 5.99. The zero-order chi connectivity index (χ0) is 19.6. The minimum absolute atomic E-state index is 0.0542. The standard InChI is InChI=1S/C24H20ClNO2/c1-24(2)11-17-20(18(27)12-24)19(13-7-9-14(25)10-8-13)21-22(26-17)15-5-3-4-6-16(15)23(21)28/h3-10,19,21H,11-12H2,1-2H3/t19-,21-/m0/s1. The normalized spacial score (nSPS) is 25.2. The number of hydrogen-bond acceptors (Lipinski definition) is 3. The monoisotopic (exact) mass is 389 g/mol. The number of fused-ring (bicyclic) bond motifs is 3. The van der Waals surface area contributed by atoms with Crippen LogP contribution in [0.5, 0.6) is 0 Å². The fourth-order valence-electron chi connectivity index (χ4n) is 4.92. The molecule has 0 saturated carbocycles. The maximum atomic E-state index is 13.3. The van der Waals surface area contributed by atoms with Gasteiger partial charge in [0.15, 0.2) is 11.6 Å². The van der Waals surface area contributed by atoms with E-state index in [0.29, 0.717) is 17.0 Å². The van der Waals surface area contributed by atoms with Crippen molar-refractivity contribution in [3.8, 4) is 0 Å². The first kappa shape index (κ1) is 17.6. The van der Waals surface area contributed by atoms with E-state index in [0.717, 1.165) is 34.5 Å². The molecule has 0 fully saturated rings. The minimum Gasteiger partial charge on any atom is -0.294 e. The van der Waals surface area contributed by atoms with Crippen LogP contribution in [0.4, 0.5) is 0 Å². The van der Waals surface area contributed by atoms with Gasteiger partial charge < -0.3 is 0 Å². The van der Waals surface area contributed by atoms with Gasteiger partial charge in [-0.05, 0) is 29.5 Å². The molecule has 1 heterocycles. The number of hydrogen-bond donors (Lipinski definition) is 0. The summed E-state index contributed by atoms with van der Waals surface area (Å²) in [7, 11) is 0. The predicted molar refractivity (Wildman–Crippen MR) is 110 cm³/mol. The number of ketones is 2. The number of aliphatic imine (C=N–C) groups is 1. The van der Waals surface area contributed by atoms with E-state index in [1.54, 1.807) is 0 Å². The van der Waals surface area contributed by atoms with Crippen LogP contribution in [-0.2, 0) is 4.79 Å². The van der Waals surface area contributed by atoms with E-state index in [2.05, 4.69) is 13.8 Å². The van der Waals surface area contributed by atoms with E-state index < -0.39 is 5.92 Å². The fourth-order valence-corrected chi connectivity index (χ4v) is 5.04. The van der Waals surface area contributed by atoms with Crippen molar-refractivity contribution in [2.24, 2.45) is 16.3 Å². The van der Waals surface area contributed by atoms with Crippen molar-refractivity contribution in [2.45, 2.75) is 32.6 Å². The van der Waals surface area contributed by atoms with Crippen molar-refractivity contribution in [2.75, 3.05) is 0 Å². The molecule has 2 aliphatic carbocycles. The Balaban J connectivity index is 1.76. The van der Waals surface area contributed by atoms with E-state index in [4.69, 9.17) is 16.6 Å². The van der Waals surface area contributed by atoms with Gasteiger partial charge in [-0.25, -0.2) is 0 Å². The van der Waals surface area contributed by atoms with Crippen molar-refractivity contribution in [3.05, 3.63) is 81.5 Å². The number of allylic oxidation sites excluding steroid dienone is 2. The fraction of sp³-hybridized carbons (Fsp3) is 0.292. The Morgan fingerprint density at radius 2 is 1.61 bits per heavy atom. The maximum Gasteiger partial charge on any atom is 0.173 e. The summed E-state index contributed by atoms with van der Waals surface area (Å²) in [5.74, 6) is -0.581.